The van der Waals surface area contributed by atoms with Gasteiger partial charge in [0.1, 0.15) is 32.8 Å². The van der Waals surface area contributed by atoms with Gasteiger partial charge in [-0.3, -0.25) is 33.2 Å². The van der Waals surface area contributed by atoms with E-state index < -0.39 is 37.8 Å². The molecule has 0 aliphatic heterocycles. The molecule has 0 aromatic heterocycles. The Labute approximate surface area is 529 Å². The number of Topliss-reactive ketones (excluding diaryl/α,β-unsaturated/α-hetero) is 2. The molecule has 0 saturated heterocycles. The van der Waals surface area contributed by atoms with Crippen LogP contribution in [0.3, 0.4) is 0 Å². The highest BCUT2D eigenvalue weighted by Gasteiger charge is 2.31. The Morgan fingerprint density at radius 1 is 0.522 bits per heavy atom. The fourth-order valence-corrected chi connectivity index (χ4v) is 9.05. The number of benzene rings is 4. The van der Waals surface area contributed by atoms with E-state index in [2.05, 4.69) is 54.3 Å². The molecule has 5 amide bonds. The number of carbonyl (C=O) groups excluding carboxylic acids is 7. The maximum Gasteiger partial charge on any atom is 0.409 e. The minimum Gasteiger partial charge on any atom is -0.480 e. The van der Waals surface area contributed by atoms with Gasteiger partial charge in [-0.2, -0.15) is 0 Å². The number of fused-ring (bicyclic) bond motifs is 6. The third-order valence-corrected chi connectivity index (χ3v) is 13.6. The second-order valence-electron chi connectivity index (χ2n) is 20.2. The average Bonchev–Trinajstić information content (AvgIpc) is 1.63. The van der Waals surface area contributed by atoms with Gasteiger partial charge in [0.2, 0.25) is 17.7 Å². The van der Waals surface area contributed by atoms with Gasteiger partial charge in [-0.1, -0.05) is 133 Å². The number of carboxylic acid groups (broad SMARTS) is 1. The molecule has 4 aromatic rings. The Hall–Kier alpha value is -9.54. The van der Waals surface area contributed by atoms with Crippen molar-refractivity contribution >= 4 is 47.4 Å². The van der Waals surface area contributed by atoms with Gasteiger partial charge in [0.05, 0.1) is 21.6 Å². The zero-order valence-corrected chi connectivity index (χ0v) is 52.7. The van der Waals surface area contributed by atoms with E-state index in [4.69, 9.17) is 39.6 Å². The van der Waals surface area contributed by atoms with E-state index in [0.29, 0.717) is 78.0 Å². The SMILES string of the molecule is CCCC(=O)N(C)CC(=O)CCCCN=[N+]=[N-].CN(CC(=O)CCCCN=[N+]=[N-])C(=O)CN(C)C(=O)OCC1c2ccccc2-c2ccccc21.CN(CC(=O)O)C(=O)CN(C)C(=O)OCC1c2ccccc2-c2ccccc21.[2H]CC.[2H]CF.[N-]=[N+]=NCCCN. The van der Waals surface area contributed by atoms with Gasteiger partial charge in [-0.05, 0) is 106 Å². The Morgan fingerprint density at radius 3 is 1.14 bits per heavy atom. The molecular formula is C63H88FN15O11. The first-order valence-electron chi connectivity index (χ1n) is 30.5. The number of amides is 5. The van der Waals surface area contributed by atoms with Crippen LogP contribution in [-0.4, -0.2) is 192 Å². The molecule has 6 rings (SSSR count). The van der Waals surface area contributed by atoms with Crippen molar-refractivity contribution in [2.24, 2.45) is 21.1 Å². The lowest BCUT2D eigenvalue weighted by Crippen LogP contribution is -2.41. The summed E-state index contributed by atoms with van der Waals surface area (Å²) < 4.78 is 32.7. The number of likely N-dealkylation sites (N-methyl/N-ethyl adjacent to an activating group) is 5. The van der Waals surface area contributed by atoms with Crippen LogP contribution >= 0.6 is 0 Å². The Kier molecular flexibility index (Phi) is 37.9. The normalized spacial score (nSPS) is 11.0. The lowest BCUT2D eigenvalue weighted by Gasteiger charge is -2.22. The smallest absolute Gasteiger partial charge is 0.409 e. The number of rotatable bonds is 29. The van der Waals surface area contributed by atoms with Crippen LogP contribution in [-0.2, 0) is 38.2 Å². The molecule has 4 aromatic carbocycles. The molecule has 0 fully saturated rings. The third kappa shape index (κ3) is 28.1. The minimum atomic E-state index is -1.11. The Bertz CT molecular complexity index is 3040. The van der Waals surface area contributed by atoms with Gasteiger partial charge >= 0.3 is 18.2 Å². The Morgan fingerprint density at radius 2 is 0.833 bits per heavy atom. The number of nitrogens with two attached hydrogens (primary N) is 1. The number of unbranched alkanes of at least 4 members (excludes halogenated alkanes) is 2. The Balaban J connectivity index is 0.000000652. The maximum atomic E-state index is 12.6. The molecule has 26 nitrogen and oxygen atoms in total. The molecule has 90 heavy (non-hydrogen) atoms. The van der Waals surface area contributed by atoms with Crippen molar-refractivity contribution in [1.82, 2.24) is 24.5 Å². The molecule has 27 heteroatoms. The van der Waals surface area contributed by atoms with Crippen molar-refractivity contribution in [3.05, 3.63) is 151 Å². The van der Waals surface area contributed by atoms with Crippen LogP contribution in [0.25, 0.3) is 53.6 Å². The van der Waals surface area contributed by atoms with Gasteiger partial charge in [-0.25, -0.2) is 9.59 Å². The maximum absolute atomic E-state index is 12.6. The molecule has 0 spiro atoms. The summed E-state index contributed by atoms with van der Waals surface area (Å²) in [5, 5.41) is 18.8. The topological polar surface area (TPSA) is 364 Å². The van der Waals surface area contributed by atoms with Gasteiger partial charge < -0.3 is 44.8 Å². The second-order valence-corrected chi connectivity index (χ2v) is 20.2. The van der Waals surface area contributed by atoms with Crippen LogP contribution in [0.1, 0.15) is 115 Å². The van der Waals surface area contributed by atoms with E-state index in [1.165, 1.54) is 42.9 Å². The highest BCUT2D eigenvalue weighted by molar-refractivity contribution is 5.89. The molecule has 0 heterocycles. The number of azide groups is 3. The summed E-state index contributed by atoms with van der Waals surface area (Å²) in [6.07, 6.45) is 4.22. The fraction of sp³-hybridized carbons (Fsp3) is 0.492. The number of ether oxygens (including phenoxy) is 2. The van der Waals surface area contributed by atoms with Crippen molar-refractivity contribution in [2.75, 3.05) is 115 Å². The molecule has 2 aliphatic rings. The third-order valence-electron chi connectivity index (χ3n) is 13.6. The predicted octanol–water partition coefficient (Wildman–Crippen LogP) is 11.3. The number of halogens is 1. The quantitative estimate of drug-likeness (QED) is 0.0222. The van der Waals surface area contributed by atoms with Crippen LogP contribution in [0, 0.1) is 0 Å². The van der Waals surface area contributed by atoms with Crippen LogP contribution in [0.4, 0.5) is 14.0 Å². The number of alkyl halides is 1. The van der Waals surface area contributed by atoms with E-state index in [1.807, 2.05) is 79.7 Å². The minimum absolute atomic E-state index is 0.00919. The van der Waals surface area contributed by atoms with Crippen LogP contribution in [0.2, 0.25) is 0 Å². The van der Waals surface area contributed by atoms with E-state index in [9.17, 15) is 42.7 Å². The summed E-state index contributed by atoms with van der Waals surface area (Å²) in [6, 6.07) is 32.2. The first kappa shape index (κ1) is 74.7. The monoisotopic (exact) mass is 1250 g/mol. The molecule has 488 valence electrons. The molecule has 0 unspecified atom stereocenters. The lowest BCUT2D eigenvalue weighted by atomic mass is 9.98. The predicted molar refractivity (Wildman–Crippen MR) is 343 cm³/mol. The summed E-state index contributed by atoms with van der Waals surface area (Å²) in [4.78, 5) is 109. The molecular weight excluding hydrogens is 1160 g/mol. The first-order chi connectivity index (χ1) is 44.2. The van der Waals surface area contributed by atoms with Gasteiger partial charge in [0, 0.05) is 102 Å². The van der Waals surface area contributed by atoms with E-state index in [1.54, 1.807) is 14.0 Å². The lowest BCUT2D eigenvalue weighted by molar-refractivity contribution is -0.143. The van der Waals surface area contributed by atoms with Gasteiger partial charge in [0.15, 0.2) is 11.6 Å². The van der Waals surface area contributed by atoms with Crippen LogP contribution in [0.5, 0.6) is 0 Å². The van der Waals surface area contributed by atoms with Crippen molar-refractivity contribution in [1.29, 1.82) is 0 Å². The molecule has 2 aliphatic carbocycles. The first-order valence-corrected chi connectivity index (χ1v) is 29.1. The zero-order valence-electron chi connectivity index (χ0n) is 54.7. The number of aliphatic carboxylic acids is 1. The summed E-state index contributed by atoms with van der Waals surface area (Å²) in [7, 11) is 6.51. The number of hydrogen-bond donors (Lipinski definition) is 2. The van der Waals surface area contributed by atoms with Crippen molar-refractivity contribution in [3.63, 3.8) is 0 Å². The van der Waals surface area contributed by atoms with Crippen LogP contribution < -0.4 is 5.73 Å². The highest BCUT2D eigenvalue weighted by Crippen LogP contribution is 2.45. The number of carbonyl (C=O) groups is 8. The summed E-state index contributed by atoms with van der Waals surface area (Å²) in [6.45, 7) is 5.76. The molecule has 0 radical (unpaired) electrons. The molecule has 3 N–H and O–H groups in total. The fourth-order valence-electron chi connectivity index (χ4n) is 9.05. The number of ketones is 2. The van der Waals surface area contributed by atoms with E-state index in [-0.39, 0.29) is 74.6 Å². The molecule has 0 atom stereocenters. The average molecular weight is 1250 g/mol. The zero-order chi connectivity index (χ0) is 68.8. The van der Waals surface area contributed by atoms with E-state index in [0.717, 1.165) is 67.1 Å². The summed E-state index contributed by atoms with van der Waals surface area (Å²) >= 11 is 0. The summed E-state index contributed by atoms with van der Waals surface area (Å²) in [5.74, 6) is -2.07. The number of nitrogens with zero attached hydrogens (tertiary/aromatic N) is 14. The molecule has 0 saturated carbocycles. The standard InChI is InChI=1S/C25H29N5O4.C21H22N2O5.C11H20N4O2.C3H8N4.C2H6.CH3F/c1-29(15-18(31)9-7-8-14-27-28-26)24(32)16-30(2)25(33)34-17-23-21-12-5-3-10-19(21)20-11-4-6-13-22(20)23;1-22(12-20(25)26)19(24)11-23(2)21(27)28-13-18-16-9-5-3-7-14(16)15-8-4-6-10-17(15)18;1-3-6-11(17)15(2)9-10(16)7-4-5-8-13-14-12;4-2-1-3-6-7-5;2*1-2/h3-6,10-13,23H,7-9,14-17H2,1-2H3;3-10,18H,11-13H2,1-2H3,(H,25,26);3-9H2,1-2H3;1-4H2;1-2H3;1H3/i;;;;2*1D. The number of carboxylic acids is 1. The van der Waals surface area contributed by atoms with Crippen molar-refractivity contribution in [3.8, 4) is 22.3 Å². The van der Waals surface area contributed by atoms with Crippen molar-refractivity contribution in [2.45, 2.75) is 90.4 Å². The number of hydrogen-bond acceptors (Lipinski definition) is 14. The van der Waals surface area contributed by atoms with Gasteiger partial charge in [-0.15, -0.1) is 0 Å². The summed E-state index contributed by atoms with van der Waals surface area (Å²) in [5.41, 5.74) is 38.1. The largest absolute Gasteiger partial charge is 0.480 e. The second kappa shape index (κ2) is 45.7. The highest BCUT2D eigenvalue weighted by atomic mass is 19.1. The molecule has 0 bridgehead atoms. The van der Waals surface area contributed by atoms with E-state index >= 15 is 0 Å². The van der Waals surface area contributed by atoms with Crippen molar-refractivity contribution < 1.29 is 60.1 Å². The van der Waals surface area contributed by atoms with Gasteiger partial charge in [0.25, 0.3) is 0 Å². The van der Waals surface area contributed by atoms with Crippen LogP contribution in [0.15, 0.2) is 112 Å².